The lowest BCUT2D eigenvalue weighted by atomic mass is 9.71. The Hall–Kier alpha value is -7.59. The number of rotatable bonds is 18. The summed E-state index contributed by atoms with van der Waals surface area (Å²) >= 11 is 0. The monoisotopic (exact) mass is 1400 g/mol. The van der Waals surface area contributed by atoms with E-state index in [2.05, 4.69) is 31.5 Å². The fourth-order valence-electron chi connectivity index (χ4n) is 13.2. The SMILES string of the molecule is [2H]c1c([2H])c(-c2c([2H])c([2H])c(-c3c([2H])c([2H])c(C(=O)N[C@@H]4C(=O)N[C@@](C)([C@H](O)CC)C(=O)N5C[C@H](O)C[C@@]5(C)C(=O)N[C@@H]([C@H](O)[C@@H](O)c5ccc(O)c(C)c5C)C(=O)N[C@@H]([C@H](O)CC)C(=O)N5C(C)[C@](C)(C(C)C)[C@H](O)[C@H]5C(=O)N[C@H](OO)[C@H](O)C4C)c(C)c3[2H])c(C)c2[2H])c(C)c([2H])c1OC([2H])(C)C([2H])([2H])C([2H])(C)C([2H])([2H])C([2H])([2H])[2H]. The number of carbonyl (C=O) groups excluding carboxylic acids is 7. The van der Waals surface area contributed by atoms with Crippen molar-refractivity contribution >= 4 is 41.4 Å². The quantitative estimate of drug-likeness (QED) is 0.0462. The van der Waals surface area contributed by atoms with Gasteiger partial charge in [-0.2, -0.15) is 0 Å². The molecule has 3 aliphatic rings. The second-order valence-corrected chi connectivity index (χ2v) is 26.8. The van der Waals surface area contributed by atoms with Gasteiger partial charge in [-0.15, -0.1) is 0 Å². The predicted octanol–water partition coefficient (Wildman–Crippen LogP) is 4.97. The van der Waals surface area contributed by atoms with Gasteiger partial charge in [-0.05, 0) is 173 Å². The van der Waals surface area contributed by atoms with Gasteiger partial charge in [0.15, 0.2) is 6.23 Å². The zero-order chi connectivity index (χ0) is 89.8. The number of nitrogens with zero attached hydrogens (tertiary/aromatic N) is 2. The number of aromatic hydroxyl groups is 1. The molecular weight excluding hydrogens is 1270 g/mol. The van der Waals surface area contributed by atoms with Crippen LogP contribution in [-0.2, 0) is 33.7 Å². The van der Waals surface area contributed by atoms with Gasteiger partial charge in [0.2, 0.25) is 29.5 Å². The van der Waals surface area contributed by atoms with Crippen LogP contribution in [0.1, 0.15) is 190 Å². The summed E-state index contributed by atoms with van der Waals surface area (Å²) in [4.78, 5) is 114. The maximum absolute atomic E-state index is 15.7. The van der Waals surface area contributed by atoms with Gasteiger partial charge in [-0.25, -0.2) is 10.1 Å². The normalized spacial score (nSPS) is 33.1. The Bertz CT molecular complexity index is 4510. The summed E-state index contributed by atoms with van der Waals surface area (Å²) in [5, 5.41) is 118. The molecule has 0 spiro atoms. The minimum absolute atomic E-state index is 0.105. The highest BCUT2D eigenvalue weighted by Crippen LogP contribution is 2.47. The second-order valence-electron chi connectivity index (χ2n) is 26.8. The van der Waals surface area contributed by atoms with Gasteiger partial charge in [-0.1, -0.05) is 104 Å². The van der Waals surface area contributed by atoms with Crippen molar-refractivity contribution in [3.8, 4) is 33.8 Å². The average molecular weight is 1400 g/mol. The molecule has 7 rings (SSSR count). The van der Waals surface area contributed by atoms with Crippen molar-refractivity contribution in [2.75, 3.05) is 6.54 Å². The third-order valence-electron chi connectivity index (χ3n) is 20.1. The number of fused-ring (bicyclic) bond motifs is 2. The molecule has 4 aromatic carbocycles. The van der Waals surface area contributed by atoms with Gasteiger partial charge in [0.25, 0.3) is 11.8 Å². The topological polar surface area (TPSA) is 387 Å². The van der Waals surface area contributed by atoms with Crippen LogP contribution in [0.2, 0.25) is 0 Å². The molecule has 19 atom stereocenters. The Balaban J connectivity index is 1.40. The minimum atomic E-state index is -3.65. The number of aliphatic hydroxyl groups excluding tert-OH is 7. The van der Waals surface area contributed by atoms with Crippen molar-refractivity contribution < 1.29 is 114 Å². The number of nitrogens with one attached hydrogen (secondary N) is 5. The van der Waals surface area contributed by atoms with E-state index in [0.717, 1.165) is 45.6 Å². The molecule has 99 heavy (non-hydrogen) atoms. The first-order valence-electron chi connectivity index (χ1n) is 41.5. The molecule has 0 bridgehead atoms. The largest absolute Gasteiger partial charge is 0.508 e. The number of phenols is 1. The summed E-state index contributed by atoms with van der Waals surface area (Å²) in [5.41, 5.74) is -11.0. The van der Waals surface area contributed by atoms with Crippen LogP contribution >= 0.6 is 0 Å². The number of amides is 7. The third-order valence-corrected chi connectivity index (χ3v) is 20.1. The smallest absolute Gasteiger partial charge is 0.252 e. The van der Waals surface area contributed by atoms with Crippen molar-refractivity contribution in [3.05, 3.63) is 105 Å². The molecule has 25 heteroatoms. The highest BCUT2D eigenvalue weighted by atomic mass is 17.1. The van der Waals surface area contributed by atoms with Crippen LogP contribution in [-0.4, -0.2) is 194 Å². The first kappa shape index (κ1) is 56.1. The van der Waals surface area contributed by atoms with E-state index >= 15 is 33.6 Å². The molecule has 14 N–H and O–H groups in total. The molecule has 3 fully saturated rings. The summed E-state index contributed by atoms with van der Waals surface area (Å²) in [6.07, 6.45) is -29.2. The molecule has 3 saturated heterocycles. The van der Waals surface area contributed by atoms with Crippen molar-refractivity contribution in [2.45, 2.75) is 246 Å². The van der Waals surface area contributed by atoms with Crippen molar-refractivity contribution in [1.82, 2.24) is 36.4 Å². The highest BCUT2D eigenvalue weighted by molar-refractivity contribution is 6.03. The van der Waals surface area contributed by atoms with Crippen molar-refractivity contribution in [3.63, 3.8) is 0 Å². The Morgan fingerprint density at radius 2 is 1.41 bits per heavy atom. The van der Waals surface area contributed by atoms with Crippen molar-refractivity contribution in [2.24, 2.45) is 23.1 Å². The predicted molar refractivity (Wildman–Crippen MR) is 369 cm³/mol. The summed E-state index contributed by atoms with van der Waals surface area (Å²) < 4.78 is 164. The molecule has 4 unspecified atom stereocenters. The summed E-state index contributed by atoms with van der Waals surface area (Å²) in [7, 11) is 0. The molecule has 25 nitrogen and oxygen atoms in total. The lowest BCUT2D eigenvalue weighted by molar-refractivity contribution is -0.307. The lowest BCUT2D eigenvalue weighted by Crippen LogP contribution is -2.71. The fourth-order valence-corrected chi connectivity index (χ4v) is 13.2. The molecule has 0 saturated carbocycles. The number of phenolic OH excluding ortho intramolecular Hbond substituents is 1. The van der Waals surface area contributed by atoms with Gasteiger partial charge in [0, 0.05) is 46.9 Å². The standard InChI is InChI=1S/C74H105N7O18/c1-18-36(6)29-40(10)98-48-23-26-50(39(9)32-48)45-21-24-49(37(7)30-45)46-22-25-51(38(8)31-46)64(90)75-56-43(13)60(86)68(99-97)78-67(93)59-63(89)73(16,35(4)5)44(14)81(59)69(94)57(53(83)19-2)76-65(91)58(62(88)61(87)52-27-28-54(84)42(12)41(52)11)77-70(95)72(15)33-47(82)34-80(72)71(96)74(17,55(85)20-3)79-66(56)92/h21-28,30-32,35-36,40,43-44,47,53,55-63,68,82-89,97H,18-20,29,33-34H2,1-17H3,(H,75,90)(H,76,91)(H,77,95)(H,78,93)(H,79,92)/t36?,40?,43?,44?,47-,53-,55-,56+,57+,58+,59+,60-,61+,62+,63-,68-,72+,73+,74+/m1/s1/i1D3,18D2,21D,22D,23D,24D,25D,26D,29D2,30D,31D,32D,36D,40D. The molecule has 0 radical (unpaired) electrons. The third kappa shape index (κ3) is 15.7. The Morgan fingerprint density at radius 3 is 2.02 bits per heavy atom. The van der Waals surface area contributed by atoms with E-state index in [4.69, 9.17) is 21.2 Å². The Morgan fingerprint density at radius 1 is 0.798 bits per heavy atom. The van der Waals surface area contributed by atoms with Crippen LogP contribution in [0.25, 0.3) is 22.3 Å². The van der Waals surface area contributed by atoms with Crippen LogP contribution in [0.3, 0.4) is 0 Å². The van der Waals surface area contributed by atoms with Crippen LogP contribution < -0.4 is 31.3 Å². The number of carbonyl (C=O) groups is 7. The zero-order valence-corrected chi connectivity index (χ0v) is 58.2. The second kappa shape index (κ2) is 31.5. The lowest BCUT2D eigenvalue weighted by Gasteiger charge is -2.43. The van der Waals surface area contributed by atoms with E-state index < -0.39 is 293 Å². The maximum Gasteiger partial charge on any atom is 0.252 e. The Kier molecular flexibility index (Phi) is 17.9. The van der Waals surface area contributed by atoms with Gasteiger partial charge < -0.3 is 82.0 Å². The first-order chi connectivity index (χ1) is 53.4. The van der Waals surface area contributed by atoms with E-state index in [1.165, 1.54) is 54.5 Å². The number of β-amino-alcohol motifs (C(OH)–C–C–N with tert-alkyl or cyclic N) is 1. The minimum Gasteiger partial charge on any atom is -0.508 e. The van der Waals surface area contributed by atoms with Crippen molar-refractivity contribution in [1.29, 1.82) is 0 Å². The summed E-state index contributed by atoms with van der Waals surface area (Å²) in [5.74, 6) is -17.4. The molecule has 3 aliphatic heterocycles. The van der Waals surface area contributed by atoms with E-state index in [9.17, 15) is 54.3 Å². The average Bonchev–Trinajstić information content (AvgIpc) is 1.41. The molecule has 0 aliphatic carbocycles. The van der Waals surface area contributed by atoms with Gasteiger partial charge in [0.1, 0.15) is 65.1 Å². The number of benzene rings is 4. The number of aliphatic hydroxyl groups is 7. The maximum atomic E-state index is 15.7. The number of ether oxygens (including phenoxy) is 1. The summed E-state index contributed by atoms with van der Waals surface area (Å²) in [6, 6.07) is -16.6. The van der Waals surface area contributed by atoms with Gasteiger partial charge >= 0.3 is 0 Å². The molecule has 0 aromatic heterocycles. The molecule has 544 valence electrons. The highest BCUT2D eigenvalue weighted by Gasteiger charge is 2.62. The number of hydrogen-bond acceptors (Lipinski definition) is 18. The fraction of sp³-hybridized carbons (Fsp3) is 0.581. The van der Waals surface area contributed by atoms with Gasteiger partial charge in [0.05, 0.1) is 44.2 Å². The van der Waals surface area contributed by atoms with Crippen LogP contribution in [0.4, 0.5) is 0 Å². The van der Waals surface area contributed by atoms with Gasteiger partial charge in [-0.3, -0.25) is 33.6 Å². The van der Waals surface area contributed by atoms with Crippen LogP contribution in [0.15, 0.2) is 66.5 Å². The summed E-state index contributed by atoms with van der Waals surface area (Å²) in [6.45, 7) is 15.1. The van der Waals surface area contributed by atoms with E-state index in [-0.39, 0.29) is 40.0 Å². The van der Waals surface area contributed by atoms with Crippen LogP contribution in [0.5, 0.6) is 11.5 Å². The molecule has 7 amide bonds. The first-order valence-corrected chi connectivity index (χ1v) is 32.5. The molecule has 4 aromatic rings. The van der Waals surface area contributed by atoms with Crippen LogP contribution in [0, 0.1) is 57.8 Å². The molecule has 3 heterocycles. The zero-order valence-electron chi connectivity index (χ0n) is 76.2. The Labute approximate surface area is 605 Å². The van der Waals surface area contributed by atoms with E-state index in [0.29, 0.717) is 18.7 Å². The number of hydrogen-bond donors (Lipinski definition) is 14. The molecular formula is C74H105N7O18. The van der Waals surface area contributed by atoms with E-state index in [1.54, 1.807) is 13.8 Å². The van der Waals surface area contributed by atoms with E-state index in [1.807, 2.05) is 0 Å².